The van der Waals surface area contributed by atoms with Gasteiger partial charge in [0.05, 0.1) is 12.8 Å². The number of anilines is 2. The summed E-state index contributed by atoms with van der Waals surface area (Å²) in [6.07, 6.45) is 0. The first kappa shape index (κ1) is 14.4. The fourth-order valence-corrected chi connectivity index (χ4v) is 2.08. The number of halogens is 1. The number of nitrogens with one attached hydrogen (secondary N) is 2. The summed E-state index contributed by atoms with van der Waals surface area (Å²) in [5, 5.41) is 5.53. The van der Waals surface area contributed by atoms with Gasteiger partial charge in [-0.25, -0.2) is 4.79 Å². The number of aryl methyl sites for hydroxylation is 1. The van der Waals surface area contributed by atoms with Crippen LogP contribution >= 0.6 is 15.9 Å². The molecular weight excluding hydrogens is 320 g/mol. The Hall–Kier alpha value is -2.01. The zero-order valence-electron chi connectivity index (χ0n) is 11.2. The highest BCUT2D eigenvalue weighted by molar-refractivity contribution is 9.10. The minimum atomic E-state index is -0.315. The van der Waals surface area contributed by atoms with Gasteiger partial charge in [0.1, 0.15) is 5.75 Å². The lowest BCUT2D eigenvalue weighted by molar-refractivity contribution is 0.262. The Morgan fingerprint density at radius 3 is 2.60 bits per heavy atom. The van der Waals surface area contributed by atoms with Gasteiger partial charge < -0.3 is 15.4 Å². The molecule has 0 bridgehead atoms. The van der Waals surface area contributed by atoms with Crippen molar-refractivity contribution in [3.63, 3.8) is 0 Å². The van der Waals surface area contributed by atoms with E-state index in [0.717, 1.165) is 15.7 Å². The maximum absolute atomic E-state index is 12.0. The van der Waals surface area contributed by atoms with Crippen molar-refractivity contribution in [1.29, 1.82) is 0 Å². The smallest absolute Gasteiger partial charge is 0.323 e. The van der Waals surface area contributed by atoms with Crippen molar-refractivity contribution in [1.82, 2.24) is 0 Å². The highest BCUT2D eigenvalue weighted by atomic mass is 79.9. The molecule has 2 N–H and O–H groups in total. The van der Waals surface area contributed by atoms with Gasteiger partial charge in [0.15, 0.2) is 0 Å². The van der Waals surface area contributed by atoms with Gasteiger partial charge >= 0.3 is 6.03 Å². The fourth-order valence-electron chi connectivity index (χ4n) is 1.70. The molecule has 5 heteroatoms. The van der Waals surface area contributed by atoms with Crippen molar-refractivity contribution in [2.75, 3.05) is 17.7 Å². The second-order valence-electron chi connectivity index (χ2n) is 4.24. The first-order chi connectivity index (χ1) is 9.60. The Kier molecular flexibility index (Phi) is 4.63. The van der Waals surface area contributed by atoms with Crippen LogP contribution in [0.3, 0.4) is 0 Å². The van der Waals surface area contributed by atoms with Gasteiger partial charge in [-0.05, 0) is 36.8 Å². The van der Waals surface area contributed by atoms with Crippen LogP contribution in [0, 0.1) is 6.92 Å². The Morgan fingerprint density at radius 1 is 1.15 bits per heavy atom. The second kappa shape index (κ2) is 6.43. The largest absolute Gasteiger partial charge is 0.495 e. The van der Waals surface area contributed by atoms with Gasteiger partial charge in [-0.2, -0.15) is 0 Å². The van der Waals surface area contributed by atoms with Gasteiger partial charge in [-0.15, -0.1) is 0 Å². The molecule has 0 saturated carbocycles. The third kappa shape index (κ3) is 3.51. The number of methoxy groups -OCH3 is 1. The lowest BCUT2D eigenvalue weighted by Gasteiger charge is -2.11. The third-order valence-electron chi connectivity index (χ3n) is 2.78. The third-order valence-corrected chi connectivity index (χ3v) is 3.64. The number of benzene rings is 2. The van der Waals surface area contributed by atoms with Crippen LogP contribution in [-0.2, 0) is 0 Å². The number of para-hydroxylation sites is 2. The molecule has 2 aromatic carbocycles. The summed E-state index contributed by atoms with van der Waals surface area (Å²) < 4.78 is 6.13. The molecule has 0 unspecified atom stereocenters. The van der Waals surface area contributed by atoms with Crippen LogP contribution in [0.15, 0.2) is 46.9 Å². The predicted molar refractivity (Wildman–Crippen MR) is 84.5 cm³/mol. The maximum atomic E-state index is 12.0. The van der Waals surface area contributed by atoms with E-state index in [1.165, 1.54) is 0 Å². The Bertz CT molecular complexity index is 629. The molecule has 0 fully saturated rings. The number of amides is 2. The van der Waals surface area contributed by atoms with Crippen LogP contribution in [0.2, 0.25) is 0 Å². The van der Waals surface area contributed by atoms with Crippen LogP contribution in [-0.4, -0.2) is 13.1 Å². The fraction of sp³-hybridized carbons (Fsp3) is 0.133. The Labute approximate surface area is 126 Å². The average molecular weight is 335 g/mol. The quantitative estimate of drug-likeness (QED) is 0.873. The van der Waals surface area contributed by atoms with Crippen LogP contribution < -0.4 is 15.4 Å². The molecule has 0 saturated heterocycles. The van der Waals surface area contributed by atoms with Crippen molar-refractivity contribution >= 4 is 33.3 Å². The number of carbonyl (C=O) groups excluding carboxylic acids is 1. The molecule has 0 aliphatic heterocycles. The lowest BCUT2D eigenvalue weighted by Crippen LogP contribution is -2.19. The summed E-state index contributed by atoms with van der Waals surface area (Å²) in [7, 11) is 1.56. The van der Waals surface area contributed by atoms with Crippen LogP contribution in [0.1, 0.15) is 5.56 Å². The minimum absolute atomic E-state index is 0.315. The number of carbonyl (C=O) groups is 1. The first-order valence-corrected chi connectivity index (χ1v) is 6.86. The summed E-state index contributed by atoms with van der Waals surface area (Å²) in [4.78, 5) is 12.0. The van der Waals surface area contributed by atoms with Gasteiger partial charge in [0, 0.05) is 10.2 Å². The van der Waals surface area contributed by atoms with E-state index < -0.39 is 0 Å². The van der Waals surface area contributed by atoms with Gasteiger partial charge in [-0.3, -0.25) is 0 Å². The van der Waals surface area contributed by atoms with Crippen LogP contribution in [0.5, 0.6) is 5.75 Å². The van der Waals surface area contributed by atoms with Crippen molar-refractivity contribution < 1.29 is 9.53 Å². The average Bonchev–Trinajstić information content (AvgIpc) is 2.43. The van der Waals surface area contributed by atoms with E-state index in [9.17, 15) is 4.79 Å². The number of rotatable bonds is 3. The predicted octanol–water partition coefficient (Wildman–Crippen LogP) is 4.41. The highest BCUT2D eigenvalue weighted by Crippen LogP contribution is 2.24. The SMILES string of the molecule is COc1ccccc1NC(=O)Nc1ccc(C)c(Br)c1. The van der Waals surface area contributed by atoms with Crippen LogP contribution in [0.4, 0.5) is 16.2 Å². The molecule has 0 heterocycles. The molecule has 2 amide bonds. The second-order valence-corrected chi connectivity index (χ2v) is 5.10. The molecular formula is C15H15BrN2O2. The summed E-state index contributed by atoms with van der Waals surface area (Å²) in [5.41, 5.74) is 2.45. The van der Waals surface area contributed by atoms with E-state index in [1.807, 2.05) is 37.3 Å². The molecule has 20 heavy (non-hydrogen) atoms. The van der Waals surface area contributed by atoms with E-state index in [1.54, 1.807) is 19.2 Å². The topological polar surface area (TPSA) is 50.4 Å². The van der Waals surface area contributed by atoms with Gasteiger partial charge in [0.2, 0.25) is 0 Å². The molecule has 4 nitrogen and oxygen atoms in total. The summed E-state index contributed by atoms with van der Waals surface area (Å²) in [5.74, 6) is 0.618. The number of hydrogen-bond acceptors (Lipinski definition) is 2. The molecule has 0 spiro atoms. The Morgan fingerprint density at radius 2 is 1.90 bits per heavy atom. The standard InChI is InChI=1S/C15H15BrN2O2/c1-10-7-8-11(9-12(10)16)17-15(19)18-13-5-3-4-6-14(13)20-2/h3-9H,1-2H3,(H2,17,18,19). The molecule has 0 aliphatic rings. The monoisotopic (exact) mass is 334 g/mol. The van der Waals surface area contributed by atoms with Gasteiger partial charge in [0.25, 0.3) is 0 Å². The molecule has 2 rings (SSSR count). The summed E-state index contributed by atoms with van der Waals surface area (Å²) >= 11 is 3.43. The van der Waals surface area contributed by atoms with Gasteiger partial charge in [-0.1, -0.05) is 34.1 Å². The first-order valence-electron chi connectivity index (χ1n) is 6.07. The summed E-state index contributed by atoms with van der Waals surface area (Å²) in [6, 6.07) is 12.6. The van der Waals surface area contributed by atoms with E-state index in [2.05, 4.69) is 26.6 Å². The molecule has 0 aromatic heterocycles. The number of hydrogen-bond donors (Lipinski definition) is 2. The number of ether oxygens (including phenoxy) is 1. The number of urea groups is 1. The van der Waals surface area contributed by atoms with Crippen molar-refractivity contribution in [3.05, 3.63) is 52.5 Å². The zero-order valence-corrected chi connectivity index (χ0v) is 12.8. The van der Waals surface area contributed by atoms with E-state index in [0.29, 0.717) is 11.4 Å². The van der Waals surface area contributed by atoms with E-state index in [4.69, 9.17) is 4.74 Å². The molecule has 0 atom stereocenters. The van der Waals surface area contributed by atoms with Crippen LogP contribution in [0.25, 0.3) is 0 Å². The summed E-state index contributed by atoms with van der Waals surface area (Å²) in [6.45, 7) is 1.99. The molecule has 0 aliphatic carbocycles. The normalized spacial score (nSPS) is 9.95. The maximum Gasteiger partial charge on any atom is 0.323 e. The minimum Gasteiger partial charge on any atom is -0.495 e. The highest BCUT2D eigenvalue weighted by Gasteiger charge is 2.07. The molecule has 0 radical (unpaired) electrons. The van der Waals surface area contributed by atoms with Crippen molar-refractivity contribution in [2.45, 2.75) is 6.92 Å². The molecule has 104 valence electrons. The van der Waals surface area contributed by atoms with E-state index in [-0.39, 0.29) is 6.03 Å². The van der Waals surface area contributed by atoms with E-state index >= 15 is 0 Å². The molecule has 2 aromatic rings. The lowest BCUT2D eigenvalue weighted by atomic mass is 10.2. The van der Waals surface area contributed by atoms with Crippen molar-refractivity contribution in [3.8, 4) is 5.75 Å². The zero-order chi connectivity index (χ0) is 14.5. The van der Waals surface area contributed by atoms with Crippen molar-refractivity contribution in [2.24, 2.45) is 0 Å². The Balaban J connectivity index is 2.07.